The first-order valence-corrected chi connectivity index (χ1v) is 2.97. The van der Waals surface area contributed by atoms with Crippen LogP contribution in [-0.2, 0) is 4.74 Å². The number of esters is 1. The van der Waals surface area contributed by atoms with E-state index in [1.165, 1.54) is 7.11 Å². The third-order valence-electron chi connectivity index (χ3n) is 1.36. The second kappa shape index (κ2) is 2.56. The molecule has 0 aliphatic carbocycles. The van der Waals surface area contributed by atoms with Gasteiger partial charge in [0.25, 0.3) is 0 Å². The molecule has 3 heteroatoms. The number of rotatable bonds is 1. The molecule has 0 aromatic carbocycles. The highest BCUT2D eigenvalue weighted by Gasteiger charge is 2.07. The van der Waals surface area contributed by atoms with Gasteiger partial charge in [-0.05, 0) is 12.5 Å². The third kappa shape index (κ3) is 1.03. The van der Waals surface area contributed by atoms with Gasteiger partial charge in [-0.25, -0.2) is 4.79 Å². The Balaban J connectivity index is 2.93. The van der Waals surface area contributed by atoms with E-state index in [1.54, 1.807) is 12.4 Å². The van der Waals surface area contributed by atoms with Crippen LogP contribution in [-0.4, -0.2) is 18.1 Å². The summed E-state index contributed by atoms with van der Waals surface area (Å²) in [4.78, 5) is 13.7. The van der Waals surface area contributed by atoms with Crippen molar-refractivity contribution in [1.82, 2.24) is 4.98 Å². The number of carbonyl (C=O) groups excluding carboxylic acids is 1. The fourth-order valence-corrected chi connectivity index (χ4v) is 0.771. The van der Waals surface area contributed by atoms with E-state index in [0.717, 1.165) is 5.56 Å². The number of aromatic nitrogens is 1. The summed E-state index contributed by atoms with van der Waals surface area (Å²) in [5.41, 5.74) is 1.51. The first-order chi connectivity index (χ1) is 4.75. The van der Waals surface area contributed by atoms with Crippen LogP contribution in [0.5, 0.6) is 0 Å². The summed E-state index contributed by atoms with van der Waals surface area (Å²) in [6.45, 7) is 1.85. The smallest absolute Gasteiger partial charge is 0.339 e. The summed E-state index contributed by atoms with van der Waals surface area (Å²) in [6.07, 6.45) is 3.38. The molecule has 0 fully saturated rings. The summed E-state index contributed by atoms with van der Waals surface area (Å²) in [5.74, 6) is -0.293. The summed E-state index contributed by atoms with van der Waals surface area (Å²) in [5, 5.41) is 0. The zero-order valence-electron chi connectivity index (χ0n) is 5.97. The molecule has 1 N–H and O–H groups in total. The van der Waals surface area contributed by atoms with Gasteiger partial charge in [0.1, 0.15) is 0 Å². The summed E-state index contributed by atoms with van der Waals surface area (Å²) >= 11 is 0. The largest absolute Gasteiger partial charge is 0.465 e. The molecular weight excluding hydrogens is 130 g/mol. The van der Waals surface area contributed by atoms with Crippen LogP contribution in [0.15, 0.2) is 12.4 Å². The van der Waals surface area contributed by atoms with Gasteiger partial charge < -0.3 is 9.72 Å². The zero-order chi connectivity index (χ0) is 7.56. The van der Waals surface area contributed by atoms with Gasteiger partial charge in [0.2, 0.25) is 0 Å². The van der Waals surface area contributed by atoms with Gasteiger partial charge in [0, 0.05) is 12.4 Å². The van der Waals surface area contributed by atoms with E-state index in [4.69, 9.17) is 0 Å². The molecule has 0 unspecified atom stereocenters. The molecule has 1 heterocycles. The monoisotopic (exact) mass is 139 g/mol. The molecule has 0 spiro atoms. The van der Waals surface area contributed by atoms with Crippen LogP contribution in [0.25, 0.3) is 0 Å². The molecule has 0 aliphatic heterocycles. The van der Waals surface area contributed by atoms with Crippen LogP contribution in [0.2, 0.25) is 0 Å². The minimum Gasteiger partial charge on any atom is -0.465 e. The first-order valence-electron chi connectivity index (χ1n) is 2.97. The van der Waals surface area contributed by atoms with Crippen LogP contribution in [0, 0.1) is 6.92 Å². The number of H-pyrrole nitrogens is 1. The summed E-state index contributed by atoms with van der Waals surface area (Å²) < 4.78 is 4.52. The van der Waals surface area contributed by atoms with Crippen LogP contribution >= 0.6 is 0 Å². The first kappa shape index (κ1) is 6.86. The molecule has 1 rings (SSSR count). The Morgan fingerprint density at radius 2 is 2.30 bits per heavy atom. The van der Waals surface area contributed by atoms with E-state index in [2.05, 4.69) is 9.72 Å². The van der Waals surface area contributed by atoms with Crippen molar-refractivity contribution in [3.63, 3.8) is 0 Å². The maximum Gasteiger partial charge on any atom is 0.339 e. The van der Waals surface area contributed by atoms with Crippen molar-refractivity contribution >= 4 is 5.97 Å². The standard InChI is InChI=1S/C7H9NO2/c1-5-3-8-4-6(5)7(9)10-2/h3-4,8H,1-2H3. The molecule has 54 valence electrons. The maximum atomic E-state index is 10.9. The van der Waals surface area contributed by atoms with Crippen LogP contribution < -0.4 is 0 Å². The Bertz CT molecular complexity index is 240. The summed E-state index contributed by atoms with van der Waals surface area (Å²) in [7, 11) is 1.37. The van der Waals surface area contributed by atoms with Gasteiger partial charge in [-0.15, -0.1) is 0 Å². The van der Waals surface area contributed by atoms with Crippen LogP contribution in [0.1, 0.15) is 15.9 Å². The number of carbonyl (C=O) groups is 1. The van der Waals surface area contributed by atoms with Crippen molar-refractivity contribution < 1.29 is 9.53 Å². The third-order valence-corrected chi connectivity index (χ3v) is 1.36. The Morgan fingerprint density at radius 3 is 2.70 bits per heavy atom. The number of hydrogen-bond donors (Lipinski definition) is 1. The molecule has 10 heavy (non-hydrogen) atoms. The number of hydrogen-bond acceptors (Lipinski definition) is 2. The Labute approximate surface area is 59.0 Å². The average molecular weight is 139 g/mol. The lowest BCUT2D eigenvalue weighted by atomic mass is 10.2. The fraction of sp³-hybridized carbons (Fsp3) is 0.286. The number of nitrogens with one attached hydrogen (secondary N) is 1. The van der Waals surface area contributed by atoms with Gasteiger partial charge in [-0.3, -0.25) is 0 Å². The van der Waals surface area contributed by atoms with Gasteiger partial charge in [-0.2, -0.15) is 0 Å². The Hall–Kier alpha value is -1.25. The topological polar surface area (TPSA) is 42.1 Å². The Morgan fingerprint density at radius 1 is 1.60 bits per heavy atom. The van der Waals surface area contributed by atoms with E-state index >= 15 is 0 Å². The molecule has 0 amide bonds. The molecule has 1 aromatic heterocycles. The highest BCUT2D eigenvalue weighted by atomic mass is 16.5. The zero-order valence-corrected chi connectivity index (χ0v) is 5.97. The van der Waals surface area contributed by atoms with Crippen LogP contribution in [0.4, 0.5) is 0 Å². The molecule has 0 aliphatic rings. The second-order valence-electron chi connectivity index (χ2n) is 2.04. The van der Waals surface area contributed by atoms with Gasteiger partial charge in [0.05, 0.1) is 12.7 Å². The molecular formula is C7H9NO2. The van der Waals surface area contributed by atoms with Crippen molar-refractivity contribution in [3.8, 4) is 0 Å². The molecule has 0 saturated carbocycles. The molecule has 1 aromatic rings. The van der Waals surface area contributed by atoms with E-state index in [9.17, 15) is 4.79 Å². The van der Waals surface area contributed by atoms with E-state index < -0.39 is 0 Å². The summed E-state index contributed by atoms with van der Waals surface area (Å²) in [6, 6.07) is 0. The fourth-order valence-electron chi connectivity index (χ4n) is 0.771. The number of methoxy groups -OCH3 is 1. The highest BCUT2D eigenvalue weighted by Crippen LogP contribution is 2.06. The normalized spacial score (nSPS) is 9.40. The van der Waals surface area contributed by atoms with Crippen molar-refractivity contribution in [2.75, 3.05) is 7.11 Å². The highest BCUT2D eigenvalue weighted by molar-refractivity contribution is 5.90. The lowest BCUT2D eigenvalue weighted by molar-refractivity contribution is 0.0600. The predicted octanol–water partition coefficient (Wildman–Crippen LogP) is 1.11. The predicted molar refractivity (Wildman–Crippen MR) is 36.9 cm³/mol. The maximum absolute atomic E-state index is 10.9. The minimum absolute atomic E-state index is 0.293. The average Bonchev–Trinajstić information content (AvgIpc) is 2.34. The number of ether oxygens (including phenoxy) is 1. The van der Waals surface area contributed by atoms with Crippen molar-refractivity contribution in [2.24, 2.45) is 0 Å². The molecule has 0 atom stereocenters. The second-order valence-corrected chi connectivity index (χ2v) is 2.04. The molecule has 3 nitrogen and oxygen atoms in total. The van der Waals surface area contributed by atoms with Gasteiger partial charge in [-0.1, -0.05) is 0 Å². The van der Waals surface area contributed by atoms with Crippen molar-refractivity contribution in [1.29, 1.82) is 0 Å². The van der Waals surface area contributed by atoms with E-state index in [-0.39, 0.29) is 5.97 Å². The molecule has 0 radical (unpaired) electrons. The quantitative estimate of drug-likeness (QED) is 0.592. The van der Waals surface area contributed by atoms with Crippen molar-refractivity contribution in [3.05, 3.63) is 23.5 Å². The molecule has 0 bridgehead atoms. The minimum atomic E-state index is -0.293. The Kier molecular flexibility index (Phi) is 1.76. The van der Waals surface area contributed by atoms with Gasteiger partial charge >= 0.3 is 5.97 Å². The SMILES string of the molecule is COC(=O)c1c[nH]cc1C. The lowest BCUT2D eigenvalue weighted by Gasteiger charge is -1.94. The van der Waals surface area contributed by atoms with Gasteiger partial charge in [0.15, 0.2) is 0 Å². The van der Waals surface area contributed by atoms with Crippen molar-refractivity contribution in [2.45, 2.75) is 6.92 Å². The molecule has 0 saturated heterocycles. The van der Waals surface area contributed by atoms with E-state index in [0.29, 0.717) is 5.56 Å². The van der Waals surface area contributed by atoms with Crippen LogP contribution in [0.3, 0.4) is 0 Å². The number of aromatic amines is 1. The number of aryl methyl sites for hydroxylation is 1. The van der Waals surface area contributed by atoms with E-state index in [1.807, 2.05) is 6.92 Å². The lowest BCUT2D eigenvalue weighted by Crippen LogP contribution is -2.00.